The van der Waals surface area contributed by atoms with Crippen LogP contribution in [0.2, 0.25) is 0 Å². The van der Waals surface area contributed by atoms with E-state index < -0.39 is 0 Å². The van der Waals surface area contributed by atoms with E-state index in [4.69, 9.17) is 5.73 Å². The molecule has 0 aliphatic heterocycles. The van der Waals surface area contributed by atoms with Crippen LogP contribution >= 0.6 is 0 Å². The molecule has 0 aliphatic rings. The lowest BCUT2D eigenvalue weighted by atomic mass is 10.1. The second kappa shape index (κ2) is 10.2. The summed E-state index contributed by atoms with van der Waals surface area (Å²) < 4.78 is 0. The van der Waals surface area contributed by atoms with Gasteiger partial charge in [0.2, 0.25) is 5.91 Å². The van der Waals surface area contributed by atoms with Crippen LogP contribution in [0.15, 0.2) is 0 Å². The lowest BCUT2D eigenvalue weighted by Gasteiger charge is -2.36. The van der Waals surface area contributed by atoms with Crippen molar-refractivity contribution in [3.05, 3.63) is 0 Å². The normalized spacial score (nSPS) is 14.7. The molecule has 0 aliphatic carbocycles. The van der Waals surface area contributed by atoms with Gasteiger partial charge < -0.3 is 16.0 Å². The third-order valence-corrected chi connectivity index (χ3v) is 3.29. The predicted octanol–water partition coefficient (Wildman–Crippen LogP) is 0.502. The van der Waals surface area contributed by atoms with Gasteiger partial charge in [-0.25, -0.2) is 0 Å². The smallest absolute Gasteiger partial charge is 0.221 e. The van der Waals surface area contributed by atoms with Gasteiger partial charge >= 0.3 is 0 Å². The molecule has 19 heavy (non-hydrogen) atoms. The maximum Gasteiger partial charge on any atom is 0.221 e. The summed E-state index contributed by atoms with van der Waals surface area (Å²) in [6.07, 6.45) is 1.45. The number of nitrogens with zero attached hydrogens (tertiary/aromatic N) is 2. The van der Waals surface area contributed by atoms with Crippen molar-refractivity contribution in [2.75, 3.05) is 40.3 Å². The average Bonchev–Trinajstić information content (AvgIpc) is 2.34. The first-order chi connectivity index (χ1) is 8.96. The summed E-state index contributed by atoms with van der Waals surface area (Å²) >= 11 is 0. The highest BCUT2D eigenvalue weighted by Crippen LogP contribution is 2.09. The number of likely N-dealkylation sites (N-methyl/N-ethyl adjacent to an activating group) is 2. The molecule has 0 aromatic rings. The zero-order chi connectivity index (χ0) is 14.8. The molecule has 0 spiro atoms. The minimum Gasteiger partial charge on any atom is -0.356 e. The summed E-state index contributed by atoms with van der Waals surface area (Å²) in [5.41, 5.74) is 5.86. The molecule has 0 bridgehead atoms. The highest BCUT2D eigenvalue weighted by Gasteiger charge is 2.23. The standard InChI is InChI=1S/C14H32N4O/c1-6-8-16-14(19)9-13(10-15)18(7-2)12(3)11-17(4)5/h12-13H,6-11,15H2,1-5H3,(H,16,19). The summed E-state index contributed by atoms with van der Waals surface area (Å²) in [7, 11) is 4.13. The van der Waals surface area contributed by atoms with Gasteiger partial charge in [-0.2, -0.15) is 0 Å². The van der Waals surface area contributed by atoms with Crippen LogP contribution in [0.5, 0.6) is 0 Å². The molecular formula is C14H32N4O. The van der Waals surface area contributed by atoms with E-state index in [-0.39, 0.29) is 11.9 Å². The minimum atomic E-state index is 0.104. The van der Waals surface area contributed by atoms with E-state index in [2.05, 4.69) is 50.0 Å². The number of hydrogen-bond donors (Lipinski definition) is 2. The van der Waals surface area contributed by atoms with Crippen LogP contribution in [0.3, 0.4) is 0 Å². The lowest BCUT2D eigenvalue weighted by Crippen LogP contribution is -2.50. The Morgan fingerprint density at radius 3 is 2.37 bits per heavy atom. The van der Waals surface area contributed by atoms with E-state index in [0.717, 1.165) is 26.1 Å². The van der Waals surface area contributed by atoms with Crippen molar-refractivity contribution in [2.24, 2.45) is 5.73 Å². The minimum absolute atomic E-state index is 0.104. The monoisotopic (exact) mass is 272 g/mol. The molecule has 0 aromatic heterocycles. The van der Waals surface area contributed by atoms with Crippen molar-refractivity contribution in [3.63, 3.8) is 0 Å². The summed E-state index contributed by atoms with van der Waals surface area (Å²) in [6, 6.07) is 0.518. The van der Waals surface area contributed by atoms with Crippen molar-refractivity contribution in [2.45, 2.75) is 45.7 Å². The fourth-order valence-corrected chi connectivity index (χ4v) is 2.45. The average molecular weight is 272 g/mol. The molecule has 2 atom stereocenters. The Morgan fingerprint density at radius 1 is 1.32 bits per heavy atom. The molecule has 0 rings (SSSR count). The Labute approximate surface area is 118 Å². The lowest BCUT2D eigenvalue weighted by molar-refractivity contribution is -0.122. The first-order valence-corrected chi connectivity index (χ1v) is 7.33. The molecule has 0 heterocycles. The molecule has 0 radical (unpaired) electrons. The van der Waals surface area contributed by atoms with E-state index in [1.807, 2.05) is 0 Å². The first-order valence-electron chi connectivity index (χ1n) is 7.33. The Bertz CT molecular complexity index is 246. The number of hydrogen-bond acceptors (Lipinski definition) is 4. The molecule has 5 heteroatoms. The topological polar surface area (TPSA) is 61.6 Å². The number of nitrogens with two attached hydrogens (primary N) is 1. The van der Waals surface area contributed by atoms with E-state index in [0.29, 0.717) is 19.0 Å². The van der Waals surface area contributed by atoms with Gasteiger partial charge in [-0.05, 0) is 34.0 Å². The molecule has 2 unspecified atom stereocenters. The molecule has 0 saturated carbocycles. The van der Waals surface area contributed by atoms with Gasteiger partial charge in [0.05, 0.1) is 0 Å². The number of carbonyl (C=O) groups is 1. The van der Waals surface area contributed by atoms with Crippen LogP contribution in [-0.2, 0) is 4.79 Å². The van der Waals surface area contributed by atoms with Crippen LogP contribution in [0, 0.1) is 0 Å². The largest absolute Gasteiger partial charge is 0.356 e. The van der Waals surface area contributed by atoms with Crippen LogP contribution < -0.4 is 11.1 Å². The van der Waals surface area contributed by atoms with Crippen molar-refractivity contribution >= 4 is 5.91 Å². The Balaban J connectivity index is 4.47. The molecule has 114 valence electrons. The van der Waals surface area contributed by atoms with Crippen LogP contribution in [0.25, 0.3) is 0 Å². The van der Waals surface area contributed by atoms with Crippen LogP contribution in [-0.4, -0.2) is 68.1 Å². The molecule has 3 N–H and O–H groups in total. The summed E-state index contributed by atoms with van der Waals surface area (Å²) in [5, 5.41) is 2.92. The van der Waals surface area contributed by atoms with E-state index in [9.17, 15) is 4.79 Å². The van der Waals surface area contributed by atoms with Crippen molar-refractivity contribution in [3.8, 4) is 0 Å². The van der Waals surface area contributed by atoms with Gasteiger partial charge in [-0.3, -0.25) is 9.69 Å². The summed E-state index contributed by atoms with van der Waals surface area (Å²) in [6.45, 7) is 9.52. The molecule has 0 saturated heterocycles. The van der Waals surface area contributed by atoms with E-state index in [1.165, 1.54) is 0 Å². The maximum atomic E-state index is 11.8. The number of rotatable bonds is 10. The van der Waals surface area contributed by atoms with Crippen LogP contribution in [0.4, 0.5) is 0 Å². The van der Waals surface area contributed by atoms with Gasteiger partial charge in [0.1, 0.15) is 0 Å². The van der Waals surface area contributed by atoms with Crippen molar-refractivity contribution < 1.29 is 4.79 Å². The zero-order valence-electron chi connectivity index (χ0n) is 13.3. The highest BCUT2D eigenvalue weighted by molar-refractivity contribution is 5.76. The first kappa shape index (κ1) is 18.4. The second-order valence-electron chi connectivity index (χ2n) is 5.39. The van der Waals surface area contributed by atoms with Crippen molar-refractivity contribution in [1.29, 1.82) is 0 Å². The fraction of sp³-hybridized carbons (Fsp3) is 0.929. The highest BCUT2D eigenvalue weighted by atomic mass is 16.1. The molecule has 0 fully saturated rings. The predicted molar refractivity (Wildman–Crippen MR) is 81.2 cm³/mol. The molecular weight excluding hydrogens is 240 g/mol. The summed E-state index contributed by atoms with van der Waals surface area (Å²) in [5.74, 6) is 0.104. The van der Waals surface area contributed by atoms with Crippen LogP contribution in [0.1, 0.15) is 33.6 Å². The van der Waals surface area contributed by atoms with Gasteiger partial charge in [0.15, 0.2) is 0 Å². The van der Waals surface area contributed by atoms with E-state index >= 15 is 0 Å². The summed E-state index contributed by atoms with van der Waals surface area (Å²) in [4.78, 5) is 16.3. The van der Waals surface area contributed by atoms with E-state index in [1.54, 1.807) is 0 Å². The van der Waals surface area contributed by atoms with Gasteiger partial charge in [-0.1, -0.05) is 13.8 Å². The van der Waals surface area contributed by atoms with Gasteiger partial charge in [0, 0.05) is 38.1 Å². The molecule has 5 nitrogen and oxygen atoms in total. The zero-order valence-corrected chi connectivity index (χ0v) is 13.3. The number of nitrogens with one attached hydrogen (secondary N) is 1. The Morgan fingerprint density at radius 2 is 1.95 bits per heavy atom. The third-order valence-electron chi connectivity index (χ3n) is 3.29. The quantitative estimate of drug-likeness (QED) is 0.608. The maximum absolute atomic E-state index is 11.8. The number of carbonyl (C=O) groups excluding carboxylic acids is 1. The third kappa shape index (κ3) is 7.50. The molecule has 0 aromatic carbocycles. The van der Waals surface area contributed by atoms with Gasteiger partial charge in [0.25, 0.3) is 0 Å². The molecule has 1 amide bonds. The SMILES string of the molecule is CCCNC(=O)CC(CN)N(CC)C(C)CN(C)C. The second-order valence-corrected chi connectivity index (χ2v) is 5.39. The van der Waals surface area contributed by atoms with Gasteiger partial charge in [-0.15, -0.1) is 0 Å². The Kier molecular flexibility index (Phi) is 9.83. The number of amides is 1. The van der Waals surface area contributed by atoms with Crippen molar-refractivity contribution in [1.82, 2.24) is 15.1 Å². The Hall–Kier alpha value is -0.650. The fourth-order valence-electron chi connectivity index (χ4n) is 2.45.